The summed E-state index contributed by atoms with van der Waals surface area (Å²) in [5.74, 6) is 0.717. The molecule has 98 valence electrons. The molecule has 1 saturated heterocycles. The van der Waals surface area contributed by atoms with Crippen LogP contribution in [0.5, 0.6) is 0 Å². The minimum Gasteiger partial charge on any atom is -0.343 e. The topological polar surface area (TPSA) is 32.3 Å². The van der Waals surface area contributed by atoms with Gasteiger partial charge in [0, 0.05) is 32.6 Å². The van der Waals surface area contributed by atoms with Crippen LogP contribution in [0, 0.1) is 5.92 Å². The highest BCUT2D eigenvalue weighted by Gasteiger charge is 2.26. The van der Waals surface area contributed by atoms with Crippen LogP contribution >= 0.6 is 0 Å². The van der Waals surface area contributed by atoms with Gasteiger partial charge in [-0.3, -0.25) is 4.79 Å². The van der Waals surface area contributed by atoms with Crippen LogP contribution in [0.15, 0.2) is 30.3 Å². The Bertz CT molecular complexity index is 391. The predicted octanol–water partition coefficient (Wildman–Crippen LogP) is 2.03. The molecule has 0 spiro atoms. The van der Waals surface area contributed by atoms with Crippen LogP contribution in [0.25, 0.3) is 0 Å². The van der Waals surface area contributed by atoms with E-state index >= 15 is 0 Å². The van der Waals surface area contributed by atoms with Crippen LogP contribution in [0.3, 0.4) is 0 Å². The molecule has 2 atom stereocenters. The van der Waals surface area contributed by atoms with Crippen LogP contribution in [0.1, 0.15) is 25.8 Å². The van der Waals surface area contributed by atoms with Gasteiger partial charge in [-0.05, 0) is 17.9 Å². The number of carbonyl (C=O) groups excluding carboxylic acids is 1. The number of hydrogen-bond donors (Lipinski definition) is 1. The van der Waals surface area contributed by atoms with Gasteiger partial charge in [-0.25, -0.2) is 0 Å². The summed E-state index contributed by atoms with van der Waals surface area (Å²) in [7, 11) is 0. The van der Waals surface area contributed by atoms with Crippen molar-refractivity contribution >= 4 is 5.91 Å². The molecule has 1 aliphatic heterocycles. The second-order valence-electron chi connectivity index (χ2n) is 5.20. The minimum atomic E-state index is 0.198. The van der Waals surface area contributed by atoms with E-state index in [2.05, 4.69) is 36.5 Å². The van der Waals surface area contributed by atoms with Gasteiger partial charge in [0.15, 0.2) is 0 Å². The lowest BCUT2D eigenvalue weighted by Crippen LogP contribution is -2.49. The minimum absolute atomic E-state index is 0.198. The summed E-state index contributed by atoms with van der Waals surface area (Å²) in [4.78, 5) is 13.3. The van der Waals surface area contributed by atoms with E-state index in [4.69, 9.17) is 0 Å². The maximum Gasteiger partial charge on any atom is 0.219 e. The zero-order chi connectivity index (χ0) is 13.0. The number of piperidine rings is 1. The molecule has 3 nitrogen and oxygen atoms in total. The molecule has 1 heterocycles. The second-order valence-corrected chi connectivity index (χ2v) is 5.20. The first-order chi connectivity index (χ1) is 8.66. The molecule has 0 aromatic heterocycles. The number of amides is 1. The van der Waals surface area contributed by atoms with Gasteiger partial charge in [0.2, 0.25) is 5.91 Å². The molecule has 0 radical (unpaired) electrons. The first kappa shape index (κ1) is 13.1. The van der Waals surface area contributed by atoms with Gasteiger partial charge in [-0.15, -0.1) is 0 Å². The normalized spacial score (nSPS) is 24.0. The Labute approximate surface area is 109 Å². The summed E-state index contributed by atoms with van der Waals surface area (Å²) in [5.41, 5.74) is 1.32. The highest BCUT2D eigenvalue weighted by molar-refractivity contribution is 5.73. The summed E-state index contributed by atoms with van der Waals surface area (Å²) < 4.78 is 0. The molecule has 1 aromatic carbocycles. The van der Waals surface area contributed by atoms with Gasteiger partial charge in [0.1, 0.15) is 0 Å². The van der Waals surface area contributed by atoms with E-state index in [9.17, 15) is 4.79 Å². The van der Waals surface area contributed by atoms with E-state index in [1.165, 1.54) is 5.56 Å². The quantitative estimate of drug-likeness (QED) is 0.885. The molecule has 1 N–H and O–H groups in total. The van der Waals surface area contributed by atoms with Crippen molar-refractivity contribution in [2.75, 3.05) is 13.1 Å². The Hall–Kier alpha value is -1.35. The number of nitrogens with zero attached hydrogens (tertiary/aromatic N) is 1. The molecule has 3 heteroatoms. The lowest BCUT2D eigenvalue weighted by atomic mass is 9.93. The monoisotopic (exact) mass is 246 g/mol. The average molecular weight is 246 g/mol. The van der Waals surface area contributed by atoms with Crippen LogP contribution in [0.2, 0.25) is 0 Å². The van der Waals surface area contributed by atoms with Crippen molar-refractivity contribution in [2.45, 2.75) is 32.9 Å². The standard InChI is InChI=1S/C15H22N2O/c1-12-11-17(13(2)18)9-8-15(12)16-10-14-6-4-3-5-7-14/h3-7,12,15-16H,8-11H2,1-2H3/t12-,15+/m1/s1. The number of carbonyl (C=O) groups is 1. The van der Waals surface area contributed by atoms with Crippen molar-refractivity contribution in [2.24, 2.45) is 5.92 Å². The lowest BCUT2D eigenvalue weighted by molar-refractivity contribution is -0.130. The highest BCUT2D eigenvalue weighted by Crippen LogP contribution is 2.17. The Morgan fingerprint density at radius 1 is 1.39 bits per heavy atom. The van der Waals surface area contributed by atoms with Gasteiger partial charge >= 0.3 is 0 Å². The molecular weight excluding hydrogens is 224 g/mol. The molecular formula is C15H22N2O. The Balaban J connectivity index is 1.83. The summed E-state index contributed by atoms with van der Waals surface area (Å²) in [5, 5.41) is 3.61. The van der Waals surface area contributed by atoms with Crippen molar-refractivity contribution < 1.29 is 4.79 Å². The van der Waals surface area contributed by atoms with Gasteiger partial charge < -0.3 is 10.2 Å². The SMILES string of the molecule is CC(=O)N1CC[C@H](NCc2ccccc2)[C@H](C)C1. The number of rotatable bonds is 3. The molecule has 1 aromatic rings. The van der Waals surface area contributed by atoms with E-state index < -0.39 is 0 Å². The van der Waals surface area contributed by atoms with Crippen molar-refractivity contribution in [1.82, 2.24) is 10.2 Å². The molecule has 0 saturated carbocycles. The first-order valence-electron chi connectivity index (χ1n) is 6.69. The van der Waals surface area contributed by atoms with Crippen LogP contribution < -0.4 is 5.32 Å². The first-order valence-corrected chi connectivity index (χ1v) is 6.69. The van der Waals surface area contributed by atoms with E-state index in [1.807, 2.05) is 11.0 Å². The molecule has 1 aliphatic rings. The van der Waals surface area contributed by atoms with E-state index in [0.717, 1.165) is 26.1 Å². The van der Waals surface area contributed by atoms with Gasteiger partial charge in [0.05, 0.1) is 0 Å². The largest absolute Gasteiger partial charge is 0.343 e. The lowest BCUT2D eigenvalue weighted by Gasteiger charge is -2.37. The fourth-order valence-electron chi connectivity index (χ4n) is 2.58. The Morgan fingerprint density at radius 2 is 2.11 bits per heavy atom. The maximum absolute atomic E-state index is 11.3. The van der Waals surface area contributed by atoms with Crippen molar-refractivity contribution in [3.63, 3.8) is 0 Å². The van der Waals surface area contributed by atoms with Gasteiger partial charge in [-0.1, -0.05) is 37.3 Å². The second kappa shape index (κ2) is 6.01. The third-order valence-corrected chi connectivity index (χ3v) is 3.76. The molecule has 0 bridgehead atoms. The number of hydrogen-bond acceptors (Lipinski definition) is 2. The third-order valence-electron chi connectivity index (χ3n) is 3.76. The van der Waals surface area contributed by atoms with Gasteiger partial charge in [-0.2, -0.15) is 0 Å². The number of benzene rings is 1. The average Bonchev–Trinajstić information content (AvgIpc) is 2.38. The van der Waals surface area contributed by atoms with Crippen LogP contribution in [-0.4, -0.2) is 29.9 Å². The van der Waals surface area contributed by atoms with E-state index in [0.29, 0.717) is 12.0 Å². The summed E-state index contributed by atoms with van der Waals surface area (Å²) >= 11 is 0. The fraction of sp³-hybridized carbons (Fsp3) is 0.533. The third kappa shape index (κ3) is 3.33. The Kier molecular flexibility index (Phi) is 4.37. The zero-order valence-electron chi connectivity index (χ0n) is 11.2. The van der Waals surface area contributed by atoms with Crippen LogP contribution in [-0.2, 0) is 11.3 Å². The number of nitrogens with one attached hydrogen (secondary N) is 1. The van der Waals surface area contributed by atoms with E-state index in [1.54, 1.807) is 6.92 Å². The fourth-order valence-corrected chi connectivity index (χ4v) is 2.58. The molecule has 0 unspecified atom stereocenters. The molecule has 2 rings (SSSR count). The summed E-state index contributed by atoms with van der Waals surface area (Å²) in [6.07, 6.45) is 1.05. The maximum atomic E-state index is 11.3. The predicted molar refractivity (Wildman–Crippen MR) is 73.1 cm³/mol. The summed E-state index contributed by atoms with van der Waals surface area (Å²) in [6.45, 7) is 6.55. The van der Waals surface area contributed by atoms with Crippen molar-refractivity contribution in [3.8, 4) is 0 Å². The van der Waals surface area contributed by atoms with E-state index in [-0.39, 0.29) is 5.91 Å². The van der Waals surface area contributed by atoms with Crippen molar-refractivity contribution in [1.29, 1.82) is 0 Å². The Morgan fingerprint density at radius 3 is 2.72 bits per heavy atom. The van der Waals surface area contributed by atoms with Crippen molar-refractivity contribution in [3.05, 3.63) is 35.9 Å². The number of likely N-dealkylation sites (tertiary alicyclic amines) is 1. The molecule has 1 fully saturated rings. The zero-order valence-corrected chi connectivity index (χ0v) is 11.2. The molecule has 0 aliphatic carbocycles. The highest BCUT2D eigenvalue weighted by atomic mass is 16.2. The van der Waals surface area contributed by atoms with Gasteiger partial charge in [0.25, 0.3) is 0 Å². The van der Waals surface area contributed by atoms with Crippen LogP contribution in [0.4, 0.5) is 0 Å². The smallest absolute Gasteiger partial charge is 0.219 e. The molecule has 18 heavy (non-hydrogen) atoms. The summed E-state index contributed by atoms with van der Waals surface area (Å²) in [6, 6.07) is 11.0. The molecule has 1 amide bonds.